The van der Waals surface area contributed by atoms with Crippen molar-refractivity contribution in [1.82, 2.24) is 10.2 Å². The number of hydrogen-bond donors (Lipinski definition) is 1. The zero-order valence-electron chi connectivity index (χ0n) is 17.7. The van der Waals surface area contributed by atoms with E-state index in [1.54, 1.807) is 30.0 Å². The van der Waals surface area contributed by atoms with Crippen molar-refractivity contribution in [3.8, 4) is 5.75 Å². The predicted molar refractivity (Wildman–Crippen MR) is 126 cm³/mol. The van der Waals surface area contributed by atoms with Crippen molar-refractivity contribution in [2.45, 2.75) is 51.1 Å². The predicted octanol–water partition coefficient (Wildman–Crippen LogP) is 5.00. The van der Waals surface area contributed by atoms with Crippen LogP contribution in [0.4, 0.5) is 0 Å². The summed E-state index contributed by atoms with van der Waals surface area (Å²) in [6.07, 6.45) is 4.95. The van der Waals surface area contributed by atoms with Gasteiger partial charge in [-0.05, 0) is 65.9 Å². The van der Waals surface area contributed by atoms with Crippen molar-refractivity contribution in [3.63, 3.8) is 0 Å². The highest BCUT2D eigenvalue weighted by molar-refractivity contribution is 9.10. The van der Waals surface area contributed by atoms with E-state index in [4.69, 9.17) is 16.3 Å². The minimum Gasteiger partial charge on any atom is -0.483 e. The SMILES string of the molecule is C[C@@H](C(=O)NC1CCCC1)N(CCc1ccccc1)C(=O)COc1ccc(Cl)cc1Br. The molecule has 3 rings (SSSR count). The summed E-state index contributed by atoms with van der Waals surface area (Å²) < 4.78 is 6.40. The zero-order chi connectivity index (χ0) is 22.2. The van der Waals surface area contributed by atoms with Crippen LogP contribution in [0.2, 0.25) is 5.02 Å². The minimum atomic E-state index is -0.575. The molecule has 1 N–H and O–H groups in total. The van der Waals surface area contributed by atoms with E-state index in [1.807, 2.05) is 30.3 Å². The molecule has 1 fully saturated rings. The molecule has 0 spiro atoms. The number of nitrogens with one attached hydrogen (secondary N) is 1. The maximum absolute atomic E-state index is 13.1. The molecule has 1 atom stereocenters. The smallest absolute Gasteiger partial charge is 0.261 e. The number of ether oxygens (including phenoxy) is 1. The Labute approximate surface area is 197 Å². The number of carbonyl (C=O) groups excluding carboxylic acids is 2. The third kappa shape index (κ3) is 6.97. The summed E-state index contributed by atoms with van der Waals surface area (Å²) in [5.74, 6) is 0.191. The molecular weight excluding hydrogens is 480 g/mol. The van der Waals surface area contributed by atoms with Crippen LogP contribution < -0.4 is 10.1 Å². The molecule has 0 unspecified atom stereocenters. The Kier molecular flexibility index (Phi) is 8.79. The molecule has 1 saturated carbocycles. The molecule has 1 aliphatic carbocycles. The van der Waals surface area contributed by atoms with Crippen LogP contribution in [0, 0.1) is 0 Å². The highest BCUT2D eigenvalue weighted by Gasteiger charge is 2.28. The molecule has 0 aliphatic heterocycles. The lowest BCUT2D eigenvalue weighted by atomic mass is 10.1. The molecule has 2 amide bonds. The molecule has 0 saturated heterocycles. The van der Waals surface area contributed by atoms with E-state index >= 15 is 0 Å². The third-order valence-corrected chi connectivity index (χ3v) is 6.45. The van der Waals surface area contributed by atoms with Crippen LogP contribution >= 0.6 is 27.5 Å². The second kappa shape index (κ2) is 11.5. The van der Waals surface area contributed by atoms with Crippen molar-refractivity contribution in [3.05, 3.63) is 63.6 Å². The van der Waals surface area contributed by atoms with Crippen LogP contribution in [-0.4, -0.2) is 41.9 Å². The van der Waals surface area contributed by atoms with Crippen molar-refractivity contribution < 1.29 is 14.3 Å². The Morgan fingerprint density at radius 2 is 1.90 bits per heavy atom. The quantitative estimate of drug-likeness (QED) is 0.520. The number of nitrogens with zero attached hydrogens (tertiary/aromatic N) is 1. The summed E-state index contributed by atoms with van der Waals surface area (Å²) in [7, 11) is 0. The van der Waals surface area contributed by atoms with Gasteiger partial charge >= 0.3 is 0 Å². The number of rotatable bonds is 9. The third-order valence-electron chi connectivity index (χ3n) is 5.60. The second-order valence-electron chi connectivity index (χ2n) is 7.85. The van der Waals surface area contributed by atoms with E-state index in [-0.39, 0.29) is 24.5 Å². The highest BCUT2D eigenvalue weighted by atomic mass is 79.9. The van der Waals surface area contributed by atoms with E-state index in [0.29, 0.717) is 28.2 Å². The first kappa shape index (κ1) is 23.6. The van der Waals surface area contributed by atoms with Gasteiger partial charge in [-0.1, -0.05) is 54.8 Å². The maximum Gasteiger partial charge on any atom is 0.261 e. The minimum absolute atomic E-state index is 0.110. The van der Waals surface area contributed by atoms with E-state index in [0.717, 1.165) is 31.2 Å². The normalized spacial score (nSPS) is 14.8. The van der Waals surface area contributed by atoms with Crippen LogP contribution in [0.3, 0.4) is 0 Å². The lowest BCUT2D eigenvalue weighted by molar-refractivity contribution is -0.141. The van der Waals surface area contributed by atoms with E-state index in [9.17, 15) is 9.59 Å². The molecular formula is C24H28BrClN2O3. The number of halogens is 2. The fraction of sp³-hybridized carbons (Fsp3) is 0.417. The van der Waals surface area contributed by atoms with Gasteiger partial charge in [0.05, 0.1) is 4.47 Å². The highest BCUT2D eigenvalue weighted by Crippen LogP contribution is 2.28. The Balaban J connectivity index is 1.66. The van der Waals surface area contributed by atoms with Gasteiger partial charge in [-0.15, -0.1) is 0 Å². The summed E-state index contributed by atoms with van der Waals surface area (Å²) in [4.78, 5) is 27.5. The monoisotopic (exact) mass is 506 g/mol. The average molecular weight is 508 g/mol. The standard InChI is InChI=1S/C24H28BrClN2O3/c1-17(24(30)27-20-9-5-6-10-20)28(14-13-18-7-3-2-4-8-18)23(29)16-31-22-12-11-19(26)15-21(22)25/h2-4,7-8,11-12,15,17,20H,5-6,9-10,13-14,16H2,1H3,(H,27,30)/t17-/m0/s1. The largest absolute Gasteiger partial charge is 0.483 e. The summed E-state index contributed by atoms with van der Waals surface area (Å²) in [5, 5.41) is 3.68. The first-order valence-corrected chi connectivity index (χ1v) is 11.8. The van der Waals surface area contributed by atoms with E-state index in [2.05, 4.69) is 21.2 Å². The number of benzene rings is 2. The van der Waals surface area contributed by atoms with Crippen molar-refractivity contribution in [1.29, 1.82) is 0 Å². The maximum atomic E-state index is 13.1. The number of hydrogen-bond acceptors (Lipinski definition) is 3. The van der Waals surface area contributed by atoms with Gasteiger partial charge in [0.25, 0.3) is 5.91 Å². The Morgan fingerprint density at radius 1 is 1.19 bits per heavy atom. The molecule has 0 radical (unpaired) electrons. The first-order valence-electron chi connectivity index (χ1n) is 10.7. The van der Waals surface area contributed by atoms with Gasteiger partial charge in [0.2, 0.25) is 5.91 Å². The molecule has 2 aromatic carbocycles. The first-order chi connectivity index (χ1) is 14.9. The fourth-order valence-electron chi connectivity index (χ4n) is 3.78. The van der Waals surface area contributed by atoms with E-state index < -0.39 is 6.04 Å². The molecule has 7 heteroatoms. The van der Waals surface area contributed by atoms with Crippen LogP contribution in [0.5, 0.6) is 5.75 Å². The Hall–Kier alpha value is -2.05. The van der Waals surface area contributed by atoms with Crippen molar-refractivity contribution in [2.24, 2.45) is 0 Å². The fourth-order valence-corrected chi connectivity index (χ4v) is 4.57. The zero-order valence-corrected chi connectivity index (χ0v) is 20.0. The molecule has 2 aromatic rings. The van der Waals surface area contributed by atoms with Gasteiger partial charge in [0.15, 0.2) is 6.61 Å². The second-order valence-corrected chi connectivity index (χ2v) is 9.14. The number of amides is 2. The van der Waals surface area contributed by atoms with E-state index in [1.165, 1.54) is 0 Å². The van der Waals surface area contributed by atoms with Crippen molar-refractivity contribution in [2.75, 3.05) is 13.2 Å². The van der Waals surface area contributed by atoms with Gasteiger partial charge in [-0.25, -0.2) is 0 Å². The summed E-state index contributed by atoms with van der Waals surface area (Å²) >= 11 is 9.37. The lowest BCUT2D eigenvalue weighted by Crippen LogP contribution is -2.51. The van der Waals surface area contributed by atoms with Gasteiger partial charge in [-0.3, -0.25) is 9.59 Å². The van der Waals surface area contributed by atoms with Crippen LogP contribution in [-0.2, 0) is 16.0 Å². The molecule has 166 valence electrons. The molecule has 1 aliphatic rings. The lowest BCUT2D eigenvalue weighted by Gasteiger charge is -2.29. The van der Waals surface area contributed by atoms with Gasteiger partial charge in [0, 0.05) is 17.6 Å². The Bertz CT molecular complexity index is 888. The molecule has 0 bridgehead atoms. The average Bonchev–Trinajstić information content (AvgIpc) is 3.27. The summed E-state index contributed by atoms with van der Waals surface area (Å²) in [6, 6.07) is 14.7. The summed E-state index contributed by atoms with van der Waals surface area (Å²) in [5.41, 5.74) is 1.12. The van der Waals surface area contributed by atoms with Gasteiger partial charge in [0.1, 0.15) is 11.8 Å². The number of carbonyl (C=O) groups is 2. The van der Waals surface area contributed by atoms with Gasteiger partial charge in [-0.2, -0.15) is 0 Å². The molecule has 0 heterocycles. The summed E-state index contributed by atoms with van der Waals surface area (Å²) in [6.45, 7) is 2.06. The van der Waals surface area contributed by atoms with Crippen molar-refractivity contribution >= 4 is 39.3 Å². The molecule has 5 nitrogen and oxygen atoms in total. The topological polar surface area (TPSA) is 58.6 Å². The molecule has 0 aromatic heterocycles. The van der Waals surface area contributed by atoms with Crippen LogP contribution in [0.1, 0.15) is 38.2 Å². The van der Waals surface area contributed by atoms with Crippen LogP contribution in [0.25, 0.3) is 0 Å². The van der Waals surface area contributed by atoms with Gasteiger partial charge < -0.3 is 15.0 Å². The van der Waals surface area contributed by atoms with Crippen LogP contribution in [0.15, 0.2) is 53.0 Å². The Morgan fingerprint density at radius 3 is 2.58 bits per heavy atom. The molecule has 31 heavy (non-hydrogen) atoms.